The van der Waals surface area contributed by atoms with E-state index in [0.717, 1.165) is 37.7 Å². The third-order valence-electron chi connectivity index (χ3n) is 5.77. The number of hydrogen-bond donors (Lipinski definition) is 3. The lowest BCUT2D eigenvalue weighted by atomic mass is 9.67. The van der Waals surface area contributed by atoms with Crippen molar-refractivity contribution in [2.75, 3.05) is 10.6 Å². The number of aromatic nitrogens is 2. The van der Waals surface area contributed by atoms with Gasteiger partial charge in [-0.25, -0.2) is 0 Å². The highest BCUT2D eigenvalue weighted by atomic mass is 35.5. The number of nitrogens with one attached hydrogen (secondary N) is 2. The molecule has 1 aliphatic carbocycles. The van der Waals surface area contributed by atoms with Gasteiger partial charge >= 0.3 is 23.8 Å². The Balaban J connectivity index is 1.42. The summed E-state index contributed by atoms with van der Waals surface area (Å²) in [5.41, 5.74) is 1.90. The van der Waals surface area contributed by atoms with Crippen molar-refractivity contribution in [1.82, 2.24) is 10.2 Å². The number of carbonyl (C=O) groups excluding carboxylic acids is 1. The predicted octanol–water partition coefficient (Wildman–Crippen LogP) is 5.40. The zero-order chi connectivity index (χ0) is 22.6. The molecule has 3 N–H and O–H groups in total. The molecule has 3 aromatic rings. The Morgan fingerprint density at radius 3 is 2.28 bits per heavy atom. The van der Waals surface area contributed by atoms with Gasteiger partial charge in [-0.2, -0.15) is 0 Å². The minimum absolute atomic E-state index is 0.0840. The van der Waals surface area contributed by atoms with Gasteiger partial charge in [0.05, 0.1) is 6.42 Å². The Kier molecular flexibility index (Phi) is 6.41. The van der Waals surface area contributed by atoms with Gasteiger partial charge in [-0.1, -0.05) is 48.1 Å². The highest BCUT2D eigenvalue weighted by Crippen LogP contribution is 2.42. The molecule has 32 heavy (non-hydrogen) atoms. The lowest BCUT2D eigenvalue weighted by Gasteiger charge is -2.36. The number of carboxylic acid groups (broad SMARTS) is 1. The second-order valence-electron chi connectivity index (χ2n) is 7.99. The molecule has 1 fully saturated rings. The molecule has 1 saturated carbocycles. The van der Waals surface area contributed by atoms with Crippen LogP contribution in [0.25, 0.3) is 0 Å². The molecule has 0 atom stereocenters. The molecule has 0 spiro atoms. The van der Waals surface area contributed by atoms with Crippen molar-refractivity contribution in [1.29, 1.82) is 0 Å². The fraction of sp³-hybridized carbons (Fsp3) is 0.304. The van der Waals surface area contributed by atoms with Crippen molar-refractivity contribution in [3.8, 4) is 0 Å². The number of rotatable bonds is 7. The Hall–Kier alpha value is -3.39. The van der Waals surface area contributed by atoms with Crippen molar-refractivity contribution in [3.63, 3.8) is 0 Å². The maximum atomic E-state index is 12.5. The third-order valence-corrected chi connectivity index (χ3v) is 6.02. The molecule has 166 valence electrons. The molecule has 0 unspecified atom stereocenters. The van der Waals surface area contributed by atoms with Crippen LogP contribution < -0.4 is 10.6 Å². The van der Waals surface area contributed by atoms with Crippen LogP contribution in [0.15, 0.2) is 52.9 Å². The zero-order valence-electron chi connectivity index (χ0n) is 17.3. The summed E-state index contributed by atoms with van der Waals surface area (Å²) in [6.45, 7) is 0. The number of hydrogen-bond acceptors (Lipinski definition) is 6. The summed E-state index contributed by atoms with van der Waals surface area (Å²) in [6.07, 6.45) is 5.01. The van der Waals surface area contributed by atoms with E-state index in [2.05, 4.69) is 20.8 Å². The van der Waals surface area contributed by atoms with E-state index in [-0.39, 0.29) is 23.7 Å². The van der Waals surface area contributed by atoms with Crippen LogP contribution in [0.5, 0.6) is 0 Å². The van der Waals surface area contributed by atoms with Crippen molar-refractivity contribution in [2.24, 2.45) is 0 Å². The highest BCUT2D eigenvalue weighted by molar-refractivity contribution is 6.30. The first kappa shape index (κ1) is 21.8. The monoisotopic (exact) mass is 454 g/mol. The summed E-state index contributed by atoms with van der Waals surface area (Å²) in [4.78, 5) is 23.9. The molecule has 1 aliphatic rings. The van der Waals surface area contributed by atoms with E-state index in [1.54, 1.807) is 36.4 Å². The van der Waals surface area contributed by atoms with E-state index in [1.165, 1.54) is 0 Å². The van der Waals surface area contributed by atoms with E-state index < -0.39 is 11.9 Å². The first-order valence-corrected chi connectivity index (χ1v) is 10.8. The molecule has 0 radical (unpaired) electrons. The van der Waals surface area contributed by atoms with Gasteiger partial charge in [-0.15, -0.1) is 5.10 Å². The smallest absolute Gasteiger partial charge is 0.320 e. The molecule has 8 nitrogen and oxygen atoms in total. The second-order valence-corrected chi connectivity index (χ2v) is 8.42. The first-order chi connectivity index (χ1) is 15.4. The van der Waals surface area contributed by atoms with E-state index in [0.29, 0.717) is 16.4 Å². The molecule has 0 bridgehead atoms. The normalized spacial score (nSPS) is 15.2. The molecule has 0 saturated heterocycles. The Labute approximate surface area is 190 Å². The first-order valence-electron chi connectivity index (χ1n) is 10.4. The summed E-state index contributed by atoms with van der Waals surface area (Å²) in [6, 6.07) is 14.3. The lowest BCUT2D eigenvalue weighted by Crippen LogP contribution is -2.31. The average molecular weight is 455 g/mol. The molecule has 2 aromatic carbocycles. The van der Waals surface area contributed by atoms with E-state index in [9.17, 15) is 14.7 Å². The van der Waals surface area contributed by atoms with Crippen molar-refractivity contribution < 1.29 is 19.1 Å². The van der Waals surface area contributed by atoms with Crippen molar-refractivity contribution >= 4 is 40.9 Å². The summed E-state index contributed by atoms with van der Waals surface area (Å²) in [5, 5.41) is 23.3. The van der Waals surface area contributed by atoms with E-state index >= 15 is 0 Å². The largest absolute Gasteiger partial charge is 0.481 e. The van der Waals surface area contributed by atoms with Crippen molar-refractivity contribution in [2.45, 2.75) is 43.9 Å². The molecule has 9 heteroatoms. The molecule has 0 aliphatic heterocycles. The van der Waals surface area contributed by atoms with Crippen LogP contribution >= 0.6 is 11.6 Å². The van der Waals surface area contributed by atoms with Gasteiger partial charge in [-0.05, 0) is 54.8 Å². The number of halogens is 1. The molecule has 1 aromatic heterocycles. The van der Waals surface area contributed by atoms with Crippen LogP contribution in [0, 0.1) is 0 Å². The maximum absolute atomic E-state index is 12.5. The Bertz CT molecular complexity index is 1090. The number of carboxylic acids is 1. The Morgan fingerprint density at radius 2 is 1.62 bits per heavy atom. The summed E-state index contributed by atoms with van der Waals surface area (Å²) < 4.78 is 5.39. The summed E-state index contributed by atoms with van der Waals surface area (Å²) in [7, 11) is 0. The zero-order valence-corrected chi connectivity index (χ0v) is 18.1. The standard InChI is InChI=1S/C23H23ClN4O4/c24-16-6-10-18(11-7-16)26-22-28-27-21(32-22)20(31)25-17-8-4-15(5-9-17)23(14-19(29)30)12-2-1-3-13-23/h4-11H,1-3,12-14H2,(H,25,31)(H,26,28)(H,29,30). The lowest BCUT2D eigenvalue weighted by molar-refractivity contribution is -0.138. The van der Waals surface area contributed by atoms with Crippen LogP contribution in [0.3, 0.4) is 0 Å². The van der Waals surface area contributed by atoms with Crippen molar-refractivity contribution in [3.05, 3.63) is 65.0 Å². The molecule has 1 heterocycles. The van der Waals surface area contributed by atoms with Gasteiger partial charge in [0.25, 0.3) is 0 Å². The maximum Gasteiger partial charge on any atom is 0.320 e. The third kappa shape index (κ3) is 5.08. The van der Waals surface area contributed by atoms with Gasteiger partial charge in [0.15, 0.2) is 0 Å². The number of amides is 1. The molecular formula is C23H23ClN4O4. The highest BCUT2D eigenvalue weighted by Gasteiger charge is 2.36. The average Bonchev–Trinajstić information content (AvgIpc) is 3.25. The van der Waals surface area contributed by atoms with Crippen LogP contribution in [-0.4, -0.2) is 27.2 Å². The quantitative estimate of drug-likeness (QED) is 0.437. The van der Waals surface area contributed by atoms with Gasteiger partial charge in [0.1, 0.15) is 0 Å². The van der Waals surface area contributed by atoms with Crippen LogP contribution in [0.1, 0.15) is 54.8 Å². The van der Waals surface area contributed by atoms with Gasteiger partial charge in [0.2, 0.25) is 0 Å². The molecule has 4 rings (SSSR count). The van der Waals surface area contributed by atoms with E-state index in [1.807, 2.05) is 12.1 Å². The number of aliphatic carboxylic acids is 1. The van der Waals surface area contributed by atoms with Gasteiger partial charge < -0.3 is 20.2 Å². The SMILES string of the molecule is O=C(O)CC1(c2ccc(NC(=O)c3nnc(Nc4ccc(Cl)cc4)o3)cc2)CCCCC1. The molecule has 1 amide bonds. The fourth-order valence-corrected chi connectivity index (χ4v) is 4.33. The summed E-state index contributed by atoms with van der Waals surface area (Å²) in [5.74, 6) is -1.50. The minimum atomic E-state index is -0.788. The number of anilines is 3. The predicted molar refractivity (Wildman–Crippen MR) is 120 cm³/mol. The minimum Gasteiger partial charge on any atom is -0.481 e. The van der Waals surface area contributed by atoms with Crippen LogP contribution in [-0.2, 0) is 10.2 Å². The van der Waals surface area contributed by atoms with Crippen LogP contribution in [0.2, 0.25) is 5.02 Å². The van der Waals surface area contributed by atoms with Gasteiger partial charge in [-0.3, -0.25) is 9.59 Å². The Morgan fingerprint density at radius 1 is 0.969 bits per heavy atom. The number of carbonyl (C=O) groups is 2. The van der Waals surface area contributed by atoms with Gasteiger partial charge in [0, 0.05) is 21.8 Å². The van der Waals surface area contributed by atoms with Crippen LogP contribution in [0.4, 0.5) is 17.4 Å². The summed E-state index contributed by atoms with van der Waals surface area (Å²) >= 11 is 5.86. The number of benzene rings is 2. The van der Waals surface area contributed by atoms with E-state index in [4.69, 9.17) is 16.0 Å². The topological polar surface area (TPSA) is 117 Å². The molecular weight excluding hydrogens is 432 g/mol. The fourth-order valence-electron chi connectivity index (χ4n) is 4.20. The second kappa shape index (κ2) is 9.40. The number of nitrogens with zero attached hydrogens (tertiary/aromatic N) is 2.